The van der Waals surface area contributed by atoms with Gasteiger partial charge in [-0.1, -0.05) is 39.0 Å². The predicted molar refractivity (Wildman–Crippen MR) is 108 cm³/mol. The van der Waals surface area contributed by atoms with Gasteiger partial charge in [0.1, 0.15) is 5.75 Å². The Labute approximate surface area is 154 Å². The Morgan fingerprint density at radius 3 is 2.46 bits per heavy atom. The maximum absolute atomic E-state index is 12.3. The first-order valence-electron chi connectivity index (χ1n) is 8.71. The number of nitrogens with zero attached hydrogens (tertiary/aromatic N) is 1. The highest BCUT2D eigenvalue weighted by atomic mass is 28.4. The number of rotatable bonds is 4. The third-order valence-corrected chi connectivity index (χ3v) is 9.34. The number of amides is 1. The zero-order chi connectivity index (χ0) is 18.9. The maximum atomic E-state index is 12.3. The van der Waals surface area contributed by atoms with Gasteiger partial charge in [-0.25, -0.2) is 0 Å². The fourth-order valence-corrected chi connectivity index (χ4v) is 3.40. The highest BCUT2D eigenvalue weighted by Crippen LogP contribution is 2.38. The molecule has 1 amide bonds. The summed E-state index contributed by atoms with van der Waals surface area (Å²) in [4.78, 5) is 12.3. The number of benzene rings is 2. The lowest BCUT2D eigenvalue weighted by Crippen LogP contribution is -2.43. The number of aromatic amines is 1. The number of H-pyrrole nitrogens is 1. The highest BCUT2D eigenvalue weighted by Gasteiger charge is 2.39. The SMILES string of the molecule is CC(C)(C)[Si](C)(C)Oc1ccc2c(NC(=O)c3ccccc3)n[nH]c2c1. The molecule has 0 fully saturated rings. The van der Waals surface area contributed by atoms with E-state index in [0.29, 0.717) is 11.4 Å². The molecule has 0 atom stereocenters. The summed E-state index contributed by atoms with van der Waals surface area (Å²) in [6, 6.07) is 14.9. The van der Waals surface area contributed by atoms with E-state index < -0.39 is 8.32 Å². The fourth-order valence-electron chi connectivity index (χ4n) is 2.37. The molecule has 0 aliphatic carbocycles. The van der Waals surface area contributed by atoms with E-state index >= 15 is 0 Å². The van der Waals surface area contributed by atoms with Crippen LogP contribution >= 0.6 is 0 Å². The molecule has 26 heavy (non-hydrogen) atoms. The Balaban J connectivity index is 1.82. The molecular weight excluding hydrogens is 342 g/mol. The summed E-state index contributed by atoms with van der Waals surface area (Å²) < 4.78 is 6.34. The maximum Gasteiger partial charge on any atom is 0.256 e. The first-order chi connectivity index (χ1) is 12.2. The molecule has 0 unspecified atom stereocenters. The van der Waals surface area contributed by atoms with Crippen molar-refractivity contribution in [1.82, 2.24) is 10.2 Å². The third kappa shape index (κ3) is 3.65. The van der Waals surface area contributed by atoms with Crippen molar-refractivity contribution in [2.45, 2.75) is 38.9 Å². The summed E-state index contributed by atoms with van der Waals surface area (Å²) in [5.41, 5.74) is 1.44. The number of carbonyl (C=O) groups excluding carboxylic acids is 1. The molecule has 0 aliphatic heterocycles. The molecule has 0 aliphatic rings. The van der Waals surface area contributed by atoms with Crippen molar-refractivity contribution in [3.8, 4) is 5.75 Å². The molecule has 136 valence electrons. The van der Waals surface area contributed by atoms with Crippen LogP contribution in [0.15, 0.2) is 48.5 Å². The van der Waals surface area contributed by atoms with Gasteiger partial charge < -0.3 is 9.74 Å². The Morgan fingerprint density at radius 2 is 1.81 bits per heavy atom. The van der Waals surface area contributed by atoms with E-state index in [-0.39, 0.29) is 10.9 Å². The third-order valence-electron chi connectivity index (χ3n) is 4.98. The number of carbonyl (C=O) groups is 1. The van der Waals surface area contributed by atoms with Gasteiger partial charge in [-0.05, 0) is 42.4 Å². The molecule has 3 rings (SSSR count). The Hall–Kier alpha value is -2.60. The van der Waals surface area contributed by atoms with Crippen LogP contribution in [0, 0.1) is 0 Å². The summed E-state index contributed by atoms with van der Waals surface area (Å²) in [5.74, 6) is 1.17. The average Bonchev–Trinajstić information content (AvgIpc) is 2.96. The van der Waals surface area contributed by atoms with Gasteiger partial charge in [0.2, 0.25) is 8.32 Å². The second-order valence-corrected chi connectivity index (χ2v) is 12.7. The minimum absolute atomic E-state index is 0.130. The molecule has 1 aromatic heterocycles. The van der Waals surface area contributed by atoms with Crippen LogP contribution in [0.3, 0.4) is 0 Å². The van der Waals surface area contributed by atoms with Crippen molar-refractivity contribution in [2.24, 2.45) is 0 Å². The first-order valence-corrected chi connectivity index (χ1v) is 11.6. The van der Waals surface area contributed by atoms with Crippen molar-refractivity contribution in [2.75, 3.05) is 5.32 Å². The topological polar surface area (TPSA) is 67.0 Å². The zero-order valence-electron chi connectivity index (χ0n) is 15.9. The predicted octanol–water partition coefficient (Wildman–Crippen LogP) is 5.20. The number of hydrogen-bond acceptors (Lipinski definition) is 3. The van der Waals surface area contributed by atoms with E-state index in [1.54, 1.807) is 12.1 Å². The van der Waals surface area contributed by atoms with Gasteiger partial charge in [0.25, 0.3) is 5.91 Å². The normalized spacial score (nSPS) is 12.2. The van der Waals surface area contributed by atoms with E-state index in [0.717, 1.165) is 16.7 Å². The largest absolute Gasteiger partial charge is 0.543 e. The molecule has 5 nitrogen and oxygen atoms in total. The van der Waals surface area contributed by atoms with Gasteiger partial charge in [-0.2, -0.15) is 5.10 Å². The Kier molecular flexibility index (Phi) is 4.62. The van der Waals surface area contributed by atoms with Crippen LogP contribution in [0.4, 0.5) is 5.82 Å². The number of fused-ring (bicyclic) bond motifs is 1. The average molecular weight is 368 g/mol. The van der Waals surface area contributed by atoms with Crippen LogP contribution in [0.25, 0.3) is 10.9 Å². The van der Waals surface area contributed by atoms with Crippen molar-refractivity contribution >= 4 is 30.9 Å². The molecule has 3 aromatic rings. The minimum Gasteiger partial charge on any atom is -0.543 e. The van der Waals surface area contributed by atoms with Gasteiger partial charge in [0.05, 0.1) is 5.52 Å². The van der Waals surface area contributed by atoms with E-state index in [1.807, 2.05) is 36.4 Å². The van der Waals surface area contributed by atoms with Crippen molar-refractivity contribution < 1.29 is 9.22 Å². The molecule has 1 heterocycles. The molecule has 0 saturated carbocycles. The molecule has 6 heteroatoms. The van der Waals surface area contributed by atoms with E-state index in [9.17, 15) is 4.79 Å². The van der Waals surface area contributed by atoms with E-state index in [1.165, 1.54) is 0 Å². The van der Waals surface area contributed by atoms with Gasteiger partial charge >= 0.3 is 0 Å². The van der Waals surface area contributed by atoms with Crippen molar-refractivity contribution in [3.05, 3.63) is 54.1 Å². The van der Waals surface area contributed by atoms with Crippen LogP contribution < -0.4 is 9.74 Å². The summed E-state index contributed by atoms with van der Waals surface area (Å²) in [7, 11) is -1.90. The molecule has 0 saturated heterocycles. The van der Waals surface area contributed by atoms with Crippen molar-refractivity contribution in [3.63, 3.8) is 0 Å². The molecule has 0 spiro atoms. The smallest absolute Gasteiger partial charge is 0.256 e. The minimum atomic E-state index is -1.90. The van der Waals surface area contributed by atoms with E-state index in [2.05, 4.69) is 49.4 Å². The second-order valence-electron chi connectivity index (χ2n) is 7.96. The molecular formula is C20H25N3O2Si. The van der Waals surface area contributed by atoms with Crippen LogP contribution in [-0.4, -0.2) is 24.4 Å². The lowest BCUT2D eigenvalue weighted by Gasteiger charge is -2.36. The van der Waals surface area contributed by atoms with Crippen molar-refractivity contribution in [1.29, 1.82) is 0 Å². The van der Waals surface area contributed by atoms with Crippen LogP contribution in [-0.2, 0) is 0 Å². The summed E-state index contributed by atoms with van der Waals surface area (Å²) in [5, 5.41) is 11.1. The Morgan fingerprint density at radius 1 is 1.12 bits per heavy atom. The molecule has 0 radical (unpaired) electrons. The van der Waals surface area contributed by atoms with Gasteiger partial charge in [0, 0.05) is 17.0 Å². The van der Waals surface area contributed by atoms with E-state index in [4.69, 9.17) is 4.43 Å². The summed E-state index contributed by atoms with van der Waals surface area (Å²) in [6.07, 6.45) is 0. The quantitative estimate of drug-likeness (QED) is 0.623. The first kappa shape index (κ1) is 18.2. The monoisotopic (exact) mass is 367 g/mol. The van der Waals surface area contributed by atoms with Crippen LogP contribution in [0.2, 0.25) is 18.1 Å². The standard InChI is InChI=1S/C20H25N3O2Si/c1-20(2,3)26(4,5)25-15-11-12-16-17(13-15)22-23-18(16)21-19(24)14-9-7-6-8-10-14/h6-13H,1-5H3,(H2,21,22,23,24). The number of hydrogen-bond donors (Lipinski definition) is 2. The second kappa shape index (κ2) is 6.61. The number of aromatic nitrogens is 2. The molecule has 2 N–H and O–H groups in total. The molecule has 2 aromatic carbocycles. The summed E-state index contributed by atoms with van der Waals surface area (Å²) in [6.45, 7) is 11.1. The summed E-state index contributed by atoms with van der Waals surface area (Å²) >= 11 is 0. The fraction of sp³-hybridized carbons (Fsp3) is 0.300. The van der Waals surface area contributed by atoms with Crippen LogP contribution in [0.5, 0.6) is 5.75 Å². The molecule has 0 bridgehead atoms. The van der Waals surface area contributed by atoms with Gasteiger partial charge in [-0.15, -0.1) is 0 Å². The van der Waals surface area contributed by atoms with Crippen LogP contribution in [0.1, 0.15) is 31.1 Å². The lowest BCUT2D eigenvalue weighted by molar-refractivity contribution is 0.102. The highest BCUT2D eigenvalue weighted by molar-refractivity contribution is 6.74. The number of nitrogens with one attached hydrogen (secondary N) is 2. The lowest BCUT2D eigenvalue weighted by atomic mass is 10.2. The van der Waals surface area contributed by atoms with Gasteiger partial charge in [-0.3, -0.25) is 9.89 Å². The Bertz CT molecular complexity index is 927. The number of anilines is 1. The van der Waals surface area contributed by atoms with Gasteiger partial charge in [0.15, 0.2) is 5.82 Å². The zero-order valence-corrected chi connectivity index (χ0v) is 16.9.